The number of aliphatic hydroxyl groups excluding tert-OH is 2. The maximum Gasteiger partial charge on any atom is 0.147 e. The van der Waals surface area contributed by atoms with E-state index in [1.807, 2.05) is 6.92 Å². The molecule has 0 radical (unpaired) electrons. The van der Waals surface area contributed by atoms with E-state index in [1.165, 1.54) is 6.08 Å². The molecule has 0 aromatic carbocycles. The Balaban J connectivity index is 1.76. The number of nitrogens with one attached hydrogen (secondary N) is 2. The van der Waals surface area contributed by atoms with Crippen LogP contribution in [-0.4, -0.2) is 78.1 Å². The summed E-state index contributed by atoms with van der Waals surface area (Å²) in [6.07, 6.45) is 1.94. The topological polar surface area (TPSA) is 110 Å². The smallest absolute Gasteiger partial charge is 0.147 e. The standard InChI is InChI=1S/C14H24N4O4/c1-10(18-4-6-21-7-5-18)17-13(15)2-3-16-14-8-11(20)12(9-19)22-14/h2-3,11-12,14-16,19-20H,4-9H2,1H3/b3-2-,15-13?,17-10-/t11?,12-,14-/m1/s1. The number of aliphatic hydroxyl groups is 2. The molecule has 0 spiro atoms. The predicted molar refractivity (Wildman–Crippen MR) is 81.9 cm³/mol. The van der Waals surface area contributed by atoms with E-state index in [9.17, 15) is 5.11 Å². The van der Waals surface area contributed by atoms with Crippen molar-refractivity contribution in [3.05, 3.63) is 12.3 Å². The van der Waals surface area contributed by atoms with E-state index >= 15 is 0 Å². The Bertz CT molecular complexity index is 435. The Morgan fingerprint density at radius 3 is 2.82 bits per heavy atom. The van der Waals surface area contributed by atoms with Crippen molar-refractivity contribution >= 4 is 11.7 Å². The van der Waals surface area contributed by atoms with Crippen molar-refractivity contribution in [3.8, 4) is 0 Å². The van der Waals surface area contributed by atoms with E-state index < -0.39 is 12.2 Å². The van der Waals surface area contributed by atoms with E-state index in [4.69, 9.17) is 20.0 Å². The molecule has 2 aliphatic rings. The molecule has 1 unspecified atom stereocenters. The van der Waals surface area contributed by atoms with Crippen LogP contribution in [0.4, 0.5) is 0 Å². The van der Waals surface area contributed by atoms with Gasteiger partial charge in [0.2, 0.25) is 0 Å². The van der Waals surface area contributed by atoms with Gasteiger partial charge in [-0.25, -0.2) is 4.99 Å². The SMILES string of the molecule is C/C(=N/C(=N)/C=C\N[C@H]1CC(O)[C@@H](CO)O1)N1CCOCC1. The highest BCUT2D eigenvalue weighted by Gasteiger charge is 2.32. The first-order valence-corrected chi connectivity index (χ1v) is 7.43. The maximum absolute atomic E-state index is 9.60. The third-order valence-electron chi connectivity index (χ3n) is 3.68. The molecule has 4 N–H and O–H groups in total. The van der Waals surface area contributed by atoms with Crippen LogP contribution in [0.2, 0.25) is 0 Å². The highest BCUT2D eigenvalue weighted by atomic mass is 16.5. The van der Waals surface area contributed by atoms with Crippen LogP contribution in [0, 0.1) is 5.41 Å². The van der Waals surface area contributed by atoms with Gasteiger partial charge in [-0.15, -0.1) is 0 Å². The molecule has 3 atom stereocenters. The summed E-state index contributed by atoms with van der Waals surface area (Å²) < 4.78 is 10.7. The summed E-state index contributed by atoms with van der Waals surface area (Å²) in [7, 11) is 0. The number of morpholine rings is 1. The zero-order chi connectivity index (χ0) is 15.9. The summed E-state index contributed by atoms with van der Waals surface area (Å²) in [5.74, 6) is 0.930. The number of hydrogen-bond donors (Lipinski definition) is 4. The number of aliphatic imine (C=N–C) groups is 1. The van der Waals surface area contributed by atoms with Gasteiger partial charge in [0.15, 0.2) is 0 Å². The van der Waals surface area contributed by atoms with Crippen LogP contribution >= 0.6 is 0 Å². The van der Waals surface area contributed by atoms with E-state index in [0.29, 0.717) is 19.6 Å². The van der Waals surface area contributed by atoms with E-state index in [1.54, 1.807) is 6.20 Å². The van der Waals surface area contributed by atoms with Crippen molar-refractivity contribution in [3.63, 3.8) is 0 Å². The second-order valence-corrected chi connectivity index (χ2v) is 5.29. The van der Waals surface area contributed by atoms with Crippen LogP contribution in [0.1, 0.15) is 13.3 Å². The van der Waals surface area contributed by atoms with Gasteiger partial charge in [-0.3, -0.25) is 5.41 Å². The van der Waals surface area contributed by atoms with Crippen molar-refractivity contribution in [2.75, 3.05) is 32.9 Å². The van der Waals surface area contributed by atoms with Gasteiger partial charge < -0.3 is 29.9 Å². The number of rotatable bonds is 4. The molecule has 0 bridgehead atoms. The van der Waals surface area contributed by atoms with Gasteiger partial charge in [0.05, 0.1) is 25.9 Å². The lowest BCUT2D eigenvalue weighted by molar-refractivity contribution is -0.0270. The molecule has 8 nitrogen and oxygen atoms in total. The average molecular weight is 312 g/mol. The van der Waals surface area contributed by atoms with Gasteiger partial charge in [0.25, 0.3) is 0 Å². The third-order valence-corrected chi connectivity index (χ3v) is 3.68. The summed E-state index contributed by atoms with van der Waals surface area (Å²) in [6.45, 7) is 4.63. The molecule has 22 heavy (non-hydrogen) atoms. The predicted octanol–water partition coefficient (Wildman–Crippen LogP) is -0.714. The Labute approximate surface area is 129 Å². The third kappa shape index (κ3) is 4.77. The molecule has 124 valence electrons. The monoisotopic (exact) mass is 312 g/mol. The maximum atomic E-state index is 9.60. The summed E-state index contributed by atoms with van der Waals surface area (Å²) >= 11 is 0. The first-order valence-electron chi connectivity index (χ1n) is 7.43. The average Bonchev–Trinajstić information content (AvgIpc) is 2.88. The fourth-order valence-electron chi connectivity index (χ4n) is 2.40. The molecule has 2 saturated heterocycles. The largest absolute Gasteiger partial charge is 0.394 e. The second-order valence-electron chi connectivity index (χ2n) is 5.29. The number of nitrogens with zero attached hydrogens (tertiary/aromatic N) is 2. The van der Waals surface area contributed by atoms with Crippen LogP contribution in [0.3, 0.4) is 0 Å². The molecule has 2 aliphatic heterocycles. The van der Waals surface area contributed by atoms with Gasteiger partial charge >= 0.3 is 0 Å². The minimum Gasteiger partial charge on any atom is -0.394 e. The zero-order valence-electron chi connectivity index (χ0n) is 12.7. The lowest BCUT2D eigenvalue weighted by atomic mass is 10.2. The highest BCUT2D eigenvalue weighted by Crippen LogP contribution is 2.18. The molecule has 8 heteroatoms. The molecule has 2 fully saturated rings. The molecule has 2 rings (SSSR count). The van der Waals surface area contributed by atoms with Gasteiger partial charge in [-0.2, -0.15) is 0 Å². The van der Waals surface area contributed by atoms with Crippen molar-refractivity contribution in [2.24, 2.45) is 4.99 Å². The van der Waals surface area contributed by atoms with Crippen molar-refractivity contribution in [1.29, 1.82) is 5.41 Å². The van der Waals surface area contributed by atoms with Gasteiger partial charge in [0, 0.05) is 25.7 Å². The quantitative estimate of drug-likeness (QED) is 0.403. The van der Waals surface area contributed by atoms with Crippen molar-refractivity contribution in [1.82, 2.24) is 10.2 Å². The van der Waals surface area contributed by atoms with Gasteiger partial charge in [-0.05, 0) is 13.0 Å². The van der Waals surface area contributed by atoms with Crippen LogP contribution < -0.4 is 5.32 Å². The van der Waals surface area contributed by atoms with Gasteiger partial charge in [0.1, 0.15) is 24.0 Å². The summed E-state index contributed by atoms with van der Waals surface area (Å²) in [4.78, 5) is 6.31. The molecule has 0 aliphatic carbocycles. The number of ether oxygens (including phenoxy) is 2. The van der Waals surface area contributed by atoms with E-state index in [2.05, 4.69) is 15.2 Å². The van der Waals surface area contributed by atoms with Crippen LogP contribution in [0.15, 0.2) is 17.3 Å². The number of amidine groups is 2. The molecular formula is C14H24N4O4. The van der Waals surface area contributed by atoms with Crippen molar-refractivity contribution < 1.29 is 19.7 Å². The van der Waals surface area contributed by atoms with E-state index in [-0.39, 0.29) is 18.7 Å². The Hall–Kier alpha value is -1.48. The molecule has 0 amide bonds. The summed E-state index contributed by atoms with van der Waals surface area (Å²) in [5.41, 5.74) is 0. The fourth-order valence-corrected chi connectivity index (χ4v) is 2.40. The molecule has 0 aromatic rings. The Morgan fingerprint density at radius 1 is 1.45 bits per heavy atom. The lowest BCUT2D eigenvalue weighted by Gasteiger charge is -2.28. The van der Waals surface area contributed by atoms with Gasteiger partial charge in [-0.1, -0.05) is 0 Å². The number of hydrogen-bond acceptors (Lipinski definition) is 6. The van der Waals surface area contributed by atoms with Crippen LogP contribution in [-0.2, 0) is 9.47 Å². The minimum absolute atomic E-state index is 0.133. The Morgan fingerprint density at radius 2 is 2.18 bits per heavy atom. The first-order chi connectivity index (χ1) is 10.6. The molecule has 0 aromatic heterocycles. The lowest BCUT2D eigenvalue weighted by Crippen LogP contribution is -2.39. The fraction of sp³-hybridized carbons (Fsp3) is 0.714. The molecule has 2 heterocycles. The molecular weight excluding hydrogens is 288 g/mol. The normalized spacial score (nSPS) is 30.0. The van der Waals surface area contributed by atoms with E-state index in [0.717, 1.165) is 18.9 Å². The zero-order valence-corrected chi connectivity index (χ0v) is 12.7. The van der Waals surface area contributed by atoms with Crippen molar-refractivity contribution in [2.45, 2.75) is 31.8 Å². The highest BCUT2D eigenvalue weighted by molar-refractivity contribution is 6.00. The summed E-state index contributed by atoms with van der Waals surface area (Å²) in [5, 5.41) is 29.4. The minimum atomic E-state index is -0.670. The van der Waals surface area contributed by atoms with Crippen LogP contribution in [0.25, 0.3) is 0 Å². The van der Waals surface area contributed by atoms with Crippen LogP contribution in [0.5, 0.6) is 0 Å². The second kappa shape index (κ2) is 8.23. The Kier molecular flexibility index (Phi) is 6.32. The molecule has 0 saturated carbocycles. The summed E-state index contributed by atoms with van der Waals surface area (Å²) in [6, 6.07) is 0. The first kappa shape index (κ1) is 16.9.